The van der Waals surface area contributed by atoms with Gasteiger partial charge in [0.25, 0.3) is 0 Å². The molecule has 3 amide bonds. The molecular weight excluding hydrogens is 462 g/mol. The maximum absolute atomic E-state index is 13.9. The van der Waals surface area contributed by atoms with Gasteiger partial charge in [0.05, 0.1) is 0 Å². The first-order chi connectivity index (χ1) is 16.1. The number of nitrogens with zero attached hydrogens (tertiary/aromatic N) is 1. The average Bonchev–Trinajstić information content (AvgIpc) is 2.71. The van der Waals surface area contributed by atoms with Crippen LogP contribution in [0.3, 0.4) is 0 Å². The molecule has 0 heterocycles. The Morgan fingerprint density at radius 3 is 2.09 bits per heavy atom. The minimum Gasteiger partial charge on any atom is -0.444 e. The van der Waals surface area contributed by atoms with Gasteiger partial charge < -0.3 is 20.3 Å². The zero-order valence-electron chi connectivity index (χ0n) is 22.5. The van der Waals surface area contributed by atoms with Crippen molar-refractivity contribution in [2.24, 2.45) is 0 Å². The summed E-state index contributed by atoms with van der Waals surface area (Å²) in [5.74, 6) is 2.56. The van der Waals surface area contributed by atoms with E-state index in [0.29, 0.717) is 23.3 Å². The van der Waals surface area contributed by atoms with Crippen LogP contribution in [0.1, 0.15) is 79.0 Å². The van der Waals surface area contributed by atoms with Gasteiger partial charge in [0.15, 0.2) is 0 Å². The van der Waals surface area contributed by atoms with Gasteiger partial charge in [-0.3, -0.25) is 9.59 Å². The molecule has 0 aliphatic rings. The number of benzene rings is 1. The van der Waals surface area contributed by atoms with Gasteiger partial charge in [0, 0.05) is 17.1 Å². The van der Waals surface area contributed by atoms with Crippen LogP contribution in [0.2, 0.25) is 0 Å². The molecule has 0 aliphatic carbocycles. The lowest BCUT2D eigenvalue weighted by atomic mass is 9.98. The molecule has 194 valence electrons. The smallest absolute Gasteiger partial charge is 0.408 e. The minimum absolute atomic E-state index is 0.311. The summed E-state index contributed by atoms with van der Waals surface area (Å²) in [6.07, 6.45) is 7.16. The van der Waals surface area contributed by atoms with Crippen LogP contribution in [0.15, 0.2) is 24.3 Å². The molecule has 2 atom stereocenters. The van der Waals surface area contributed by atoms with Crippen molar-refractivity contribution in [3.05, 3.63) is 35.4 Å². The molecule has 0 aliphatic heterocycles. The van der Waals surface area contributed by atoms with E-state index in [1.807, 2.05) is 40.9 Å². The summed E-state index contributed by atoms with van der Waals surface area (Å²) in [6, 6.07) is 4.94. The Labute approximate surface area is 215 Å². The monoisotopic (exact) mass is 503 g/mol. The summed E-state index contributed by atoms with van der Waals surface area (Å²) in [7, 11) is 0. The number of alkyl carbamates (subject to hydrolysis) is 1. The fourth-order valence-electron chi connectivity index (χ4n) is 3.44. The summed E-state index contributed by atoms with van der Waals surface area (Å²) in [6.45, 7) is 14.6. The number of hydrogen-bond acceptors (Lipinski definition) is 5. The normalized spacial score (nSPS) is 13.4. The highest BCUT2D eigenvalue weighted by Crippen LogP contribution is 2.27. The molecule has 0 saturated heterocycles. The van der Waals surface area contributed by atoms with Gasteiger partial charge in [-0.1, -0.05) is 18.1 Å². The first kappa shape index (κ1) is 30.4. The lowest BCUT2D eigenvalue weighted by molar-refractivity contribution is -0.145. The Hall–Kier alpha value is -2.66. The maximum Gasteiger partial charge on any atom is 0.408 e. The molecule has 1 aromatic rings. The maximum atomic E-state index is 13.9. The van der Waals surface area contributed by atoms with Gasteiger partial charge in [0.2, 0.25) is 11.8 Å². The first-order valence-electron chi connectivity index (χ1n) is 11.8. The number of carbonyl (C=O) groups excluding carboxylic acids is 3. The third-order valence-electron chi connectivity index (χ3n) is 4.83. The number of hydrogen-bond donors (Lipinski definition) is 2. The molecule has 0 aromatic heterocycles. The van der Waals surface area contributed by atoms with Crippen molar-refractivity contribution in [1.82, 2.24) is 15.5 Å². The van der Waals surface area contributed by atoms with Gasteiger partial charge in [-0.25, -0.2) is 4.79 Å². The zero-order chi connectivity index (χ0) is 27.0. The van der Waals surface area contributed by atoms with E-state index in [-0.39, 0.29) is 17.9 Å². The standard InChI is InChI=1S/C27H41N3O4S/c1-11-19-12-14-20(15-13-19)22(23(31)29-26(4,5)6)30(18(2)3)24(32)21(16-17-35-10)28-25(33)34-27(7,8)9/h1,12-15,18,21-22H,16-17H2,2-10H3,(H,28,33)(H,29,31). The molecule has 0 bridgehead atoms. The first-order valence-corrected chi connectivity index (χ1v) is 13.2. The van der Waals surface area contributed by atoms with Crippen molar-refractivity contribution in [3.8, 4) is 12.3 Å². The van der Waals surface area contributed by atoms with Gasteiger partial charge in [-0.2, -0.15) is 11.8 Å². The lowest BCUT2D eigenvalue weighted by Gasteiger charge is -2.38. The van der Waals surface area contributed by atoms with Crippen molar-refractivity contribution in [2.45, 2.75) is 91.1 Å². The number of nitrogens with one attached hydrogen (secondary N) is 2. The van der Waals surface area contributed by atoms with E-state index in [9.17, 15) is 14.4 Å². The fourth-order valence-corrected chi connectivity index (χ4v) is 3.91. The van der Waals surface area contributed by atoms with Crippen LogP contribution >= 0.6 is 11.8 Å². The van der Waals surface area contributed by atoms with E-state index in [1.165, 1.54) is 4.90 Å². The van der Waals surface area contributed by atoms with Gasteiger partial charge >= 0.3 is 6.09 Å². The molecule has 8 heteroatoms. The predicted octanol–water partition coefficient (Wildman–Crippen LogP) is 4.51. The third kappa shape index (κ3) is 10.2. The topological polar surface area (TPSA) is 87.7 Å². The second kappa shape index (κ2) is 12.9. The van der Waals surface area contributed by atoms with Crippen molar-refractivity contribution in [2.75, 3.05) is 12.0 Å². The Morgan fingerprint density at radius 1 is 1.09 bits per heavy atom. The number of terminal acetylenes is 1. The SMILES string of the molecule is C#Cc1ccc(C(C(=O)NC(C)(C)C)N(C(=O)C(CCSC)NC(=O)OC(C)(C)C)C(C)C)cc1. The molecule has 1 aromatic carbocycles. The van der Waals surface area contributed by atoms with Gasteiger partial charge in [0.1, 0.15) is 17.7 Å². The van der Waals surface area contributed by atoms with Gasteiger partial charge in [-0.15, -0.1) is 6.42 Å². The Kier molecular flexibility index (Phi) is 11.2. The summed E-state index contributed by atoms with van der Waals surface area (Å²) in [5.41, 5.74) is 0.0968. The molecule has 0 fully saturated rings. The molecular formula is C27H41N3O4S. The van der Waals surface area contributed by atoms with E-state index in [0.717, 1.165) is 0 Å². The molecule has 2 unspecified atom stereocenters. The fraction of sp³-hybridized carbons (Fsp3) is 0.593. The molecule has 0 saturated carbocycles. The van der Waals surface area contributed by atoms with Crippen molar-refractivity contribution in [1.29, 1.82) is 0 Å². The lowest BCUT2D eigenvalue weighted by Crippen LogP contribution is -2.56. The Balaban J connectivity index is 3.48. The van der Waals surface area contributed by atoms with Gasteiger partial charge in [-0.05, 0) is 91.5 Å². The largest absolute Gasteiger partial charge is 0.444 e. The van der Waals surface area contributed by atoms with E-state index >= 15 is 0 Å². The summed E-state index contributed by atoms with van der Waals surface area (Å²) in [4.78, 5) is 41.6. The molecule has 1 rings (SSSR count). The zero-order valence-corrected chi connectivity index (χ0v) is 23.3. The number of carbonyl (C=O) groups is 3. The highest BCUT2D eigenvalue weighted by Gasteiger charge is 2.38. The summed E-state index contributed by atoms with van der Waals surface area (Å²) in [5, 5.41) is 5.73. The van der Waals surface area contributed by atoms with E-state index in [2.05, 4.69) is 16.6 Å². The van der Waals surface area contributed by atoms with Crippen LogP contribution in [0, 0.1) is 12.3 Å². The molecule has 0 radical (unpaired) electrons. The third-order valence-corrected chi connectivity index (χ3v) is 5.47. The summed E-state index contributed by atoms with van der Waals surface area (Å²) < 4.78 is 5.40. The number of amides is 3. The van der Waals surface area contributed by atoms with Crippen molar-refractivity contribution < 1.29 is 19.1 Å². The van der Waals surface area contributed by atoms with Crippen LogP contribution in [0.5, 0.6) is 0 Å². The molecule has 2 N–H and O–H groups in total. The van der Waals surface area contributed by atoms with Crippen LogP contribution in [-0.2, 0) is 14.3 Å². The van der Waals surface area contributed by atoms with Crippen molar-refractivity contribution in [3.63, 3.8) is 0 Å². The Bertz CT molecular complexity index is 908. The number of rotatable bonds is 9. The second-order valence-electron chi connectivity index (χ2n) is 10.7. The quantitative estimate of drug-likeness (QED) is 0.484. The second-order valence-corrected chi connectivity index (χ2v) is 11.7. The number of ether oxygens (including phenoxy) is 1. The highest BCUT2D eigenvalue weighted by atomic mass is 32.2. The van der Waals surface area contributed by atoms with Crippen molar-refractivity contribution >= 4 is 29.7 Å². The molecule has 35 heavy (non-hydrogen) atoms. The van der Waals surface area contributed by atoms with Crippen LogP contribution in [-0.4, -0.2) is 58.0 Å². The minimum atomic E-state index is -0.911. The average molecular weight is 504 g/mol. The predicted molar refractivity (Wildman–Crippen MR) is 143 cm³/mol. The van der Waals surface area contributed by atoms with E-state index < -0.39 is 29.3 Å². The summed E-state index contributed by atoms with van der Waals surface area (Å²) >= 11 is 1.57. The van der Waals surface area contributed by atoms with E-state index in [4.69, 9.17) is 11.2 Å². The highest BCUT2D eigenvalue weighted by molar-refractivity contribution is 7.98. The molecule has 0 spiro atoms. The molecule has 7 nitrogen and oxygen atoms in total. The Morgan fingerprint density at radius 2 is 1.66 bits per heavy atom. The number of thioether (sulfide) groups is 1. The van der Waals surface area contributed by atoms with Crippen LogP contribution in [0.4, 0.5) is 4.79 Å². The van der Waals surface area contributed by atoms with Crippen LogP contribution in [0.25, 0.3) is 0 Å². The van der Waals surface area contributed by atoms with E-state index in [1.54, 1.807) is 56.8 Å². The van der Waals surface area contributed by atoms with Crippen LogP contribution < -0.4 is 10.6 Å².